The highest BCUT2D eigenvalue weighted by molar-refractivity contribution is 8.13. The fourth-order valence-electron chi connectivity index (χ4n) is 2.81. The van der Waals surface area contributed by atoms with Crippen LogP contribution in [0, 0.1) is 0 Å². The lowest BCUT2D eigenvalue weighted by Gasteiger charge is -2.32. The number of aromatic nitrogens is 1. The molecule has 1 aromatic heterocycles. The minimum absolute atomic E-state index is 0.0759. The van der Waals surface area contributed by atoms with E-state index in [2.05, 4.69) is 11.1 Å². The van der Waals surface area contributed by atoms with Gasteiger partial charge in [-0.3, -0.25) is 9.78 Å². The van der Waals surface area contributed by atoms with E-state index in [1.807, 2.05) is 58.0 Å². The van der Waals surface area contributed by atoms with Crippen LogP contribution in [0.1, 0.15) is 40.2 Å². The number of benzene rings is 1. The molecule has 0 bridgehead atoms. The van der Waals surface area contributed by atoms with Gasteiger partial charge in [-0.25, -0.2) is 0 Å². The summed E-state index contributed by atoms with van der Waals surface area (Å²) in [6.07, 6.45) is 3.86. The molecule has 1 saturated heterocycles. The second-order valence-corrected chi connectivity index (χ2v) is 8.66. The van der Waals surface area contributed by atoms with Gasteiger partial charge in [-0.2, -0.15) is 0 Å². The summed E-state index contributed by atoms with van der Waals surface area (Å²) in [5.74, 6) is 0.531. The van der Waals surface area contributed by atoms with Crippen LogP contribution in [0.3, 0.4) is 0 Å². The first kappa shape index (κ1) is 19.1. The number of carbonyl (C=O) groups excluding carboxylic acids is 1. The fourth-order valence-corrected chi connectivity index (χ4v) is 3.40. The maximum absolute atomic E-state index is 11.5. The Bertz CT molecular complexity index is 842. The normalized spacial score (nSPS) is 19.1. The summed E-state index contributed by atoms with van der Waals surface area (Å²) in [7, 11) is -0.473. The molecule has 4 nitrogen and oxygen atoms in total. The molecular formula is C20H24BNO3S. The van der Waals surface area contributed by atoms with Crippen LogP contribution in [0.25, 0.3) is 17.0 Å². The van der Waals surface area contributed by atoms with Crippen molar-refractivity contribution in [2.75, 3.05) is 5.75 Å². The zero-order valence-electron chi connectivity index (χ0n) is 15.9. The highest BCUT2D eigenvalue weighted by Crippen LogP contribution is 2.39. The van der Waals surface area contributed by atoms with Crippen molar-refractivity contribution in [3.8, 4) is 0 Å². The first-order valence-corrected chi connectivity index (χ1v) is 9.71. The minimum Gasteiger partial charge on any atom is -0.400 e. The zero-order chi connectivity index (χ0) is 18.9. The van der Waals surface area contributed by atoms with E-state index in [1.165, 1.54) is 11.8 Å². The van der Waals surface area contributed by atoms with Gasteiger partial charge in [0.25, 0.3) is 0 Å². The van der Waals surface area contributed by atoms with Crippen LogP contribution in [0.2, 0.25) is 0 Å². The van der Waals surface area contributed by atoms with Crippen molar-refractivity contribution in [1.29, 1.82) is 0 Å². The molecular weight excluding hydrogens is 345 g/mol. The maximum Gasteiger partial charge on any atom is 0.491 e. The summed E-state index contributed by atoms with van der Waals surface area (Å²) >= 11 is 1.27. The predicted octanol–water partition coefficient (Wildman–Crippen LogP) is 4.53. The van der Waals surface area contributed by atoms with Crippen molar-refractivity contribution in [3.63, 3.8) is 0 Å². The van der Waals surface area contributed by atoms with Gasteiger partial charge < -0.3 is 9.31 Å². The highest BCUT2D eigenvalue weighted by atomic mass is 32.2. The Hall–Kier alpha value is -1.63. The lowest BCUT2D eigenvalue weighted by molar-refractivity contribution is -0.109. The average molecular weight is 369 g/mol. The van der Waals surface area contributed by atoms with Gasteiger partial charge >= 0.3 is 7.12 Å². The average Bonchev–Trinajstić information content (AvgIpc) is 2.79. The Morgan fingerprint density at radius 2 is 1.85 bits per heavy atom. The third kappa shape index (κ3) is 3.87. The van der Waals surface area contributed by atoms with E-state index in [1.54, 1.807) is 13.1 Å². The molecule has 0 amide bonds. The highest BCUT2D eigenvalue weighted by Gasteiger charge is 2.52. The third-order valence-corrected chi connectivity index (χ3v) is 5.90. The van der Waals surface area contributed by atoms with Gasteiger partial charge in [0, 0.05) is 24.3 Å². The van der Waals surface area contributed by atoms with Gasteiger partial charge in [-0.1, -0.05) is 36.0 Å². The number of thioether (sulfide) groups is 1. The molecule has 0 unspecified atom stereocenters. The quantitative estimate of drug-likeness (QED) is 0.741. The Kier molecular flexibility index (Phi) is 5.29. The minimum atomic E-state index is -0.473. The molecule has 0 aliphatic carbocycles. The van der Waals surface area contributed by atoms with E-state index in [9.17, 15) is 4.79 Å². The van der Waals surface area contributed by atoms with Crippen LogP contribution in [0.5, 0.6) is 0 Å². The van der Waals surface area contributed by atoms with Crippen molar-refractivity contribution >= 4 is 41.0 Å². The second kappa shape index (κ2) is 7.18. The van der Waals surface area contributed by atoms with Crippen molar-refractivity contribution in [3.05, 3.63) is 47.6 Å². The molecule has 6 heteroatoms. The van der Waals surface area contributed by atoms with Crippen LogP contribution in [0.4, 0.5) is 0 Å². The number of carbonyl (C=O) groups is 1. The van der Waals surface area contributed by atoms with Gasteiger partial charge in [0.1, 0.15) is 0 Å². The summed E-state index contributed by atoms with van der Waals surface area (Å²) in [5.41, 5.74) is 2.09. The molecule has 1 aliphatic rings. The first-order valence-electron chi connectivity index (χ1n) is 8.73. The molecule has 3 rings (SSSR count). The van der Waals surface area contributed by atoms with E-state index in [0.29, 0.717) is 5.75 Å². The monoisotopic (exact) mass is 369 g/mol. The van der Waals surface area contributed by atoms with Gasteiger partial charge in [0.15, 0.2) is 5.12 Å². The molecule has 0 N–H and O–H groups in total. The number of rotatable bonds is 4. The Balaban J connectivity index is 2.01. The van der Waals surface area contributed by atoms with E-state index >= 15 is 0 Å². The molecule has 1 fully saturated rings. The molecule has 1 aliphatic heterocycles. The van der Waals surface area contributed by atoms with Crippen LogP contribution in [-0.4, -0.2) is 34.2 Å². The molecule has 0 atom stereocenters. The molecule has 136 valence electrons. The lowest BCUT2D eigenvalue weighted by Crippen LogP contribution is -2.41. The molecule has 26 heavy (non-hydrogen) atoms. The zero-order valence-corrected chi connectivity index (χ0v) is 16.7. The SMILES string of the molecule is CC(=O)SCC(=Cc1cccc2ncccc12)B1OC(C)(C)C(C)(C)O1. The molecule has 2 aromatic rings. The molecule has 1 aromatic carbocycles. The smallest absolute Gasteiger partial charge is 0.400 e. The Morgan fingerprint density at radius 1 is 1.15 bits per heavy atom. The third-order valence-electron chi connectivity index (χ3n) is 5.02. The topological polar surface area (TPSA) is 48.4 Å². The van der Waals surface area contributed by atoms with Gasteiger partial charge in [-0.15, -0.1) is 0 Å². The summed E-state index contributed by atoms with van der Waals surface area (Å²) in [6, 6.07) is 10.0. The van der Waals surface area contributed by atoms with E-state index in [-0.39, 0.29) is 5.12 Å². The van der Waals surface area contributed by atoms with E-state index < -0.39 is 18.3 Å². The van der Waals surface area contributed by atoms with Crippen molar-refractivity contribution in [2.24, 2.45) is 0 Å². The van der Waals surface area contributed by atoms with Crippen LogP contribution < -0.4 is 0 Å². The molecule has 0 spiro atoms. The van der Waals surface area contributed by atoms with Crippen molar-refractivity contribution in [2.45, 2.75) is 45.8 Å². The molecule has 0 radical (unpaired) electrons. The number of nitrogens with zero attached hydrogens (tertiary/aromatic N) is 1. The van der Waals surface area contributed by atoms with Crippen LogP contribution in [0.15, 0.2) is 42.0 Å². The summed E-state index contributed by atoms with van der Waals surface area (Å²) < 4.78 is 12.4. The van der Waals surface area contributed by atoms with Crippen LogP contribution >= 0.6 is 11.8 Å². The molecule has 2 heterocycles. The van der Waals surface area contributed by atoms with E-state index in [4.69, 9.17) is 9.31 Å². The van der Waals surface area contributed by atoms with E-state index in [0.717, 1.165) is 21.9 Å². The number of hydrogen-bond acceptors (Lipinski definition) is 5. The van der Waals surface area contributed by atoms with Gasteiger partial charge in [0.05, 0.1) is 16.7 Å². The van der Waals surface area contributed by atoms with Gasteiger partial charge in [0.2, 0.25) is 0 Å². The van der Waals surface area contributed by atoms with Crippen molar-refractivity contribution < 1.29 is 14.1 Å². The first-order chi connectivity index (χ1) is 12.2. The Labute approximate surface area is 159 Å². The van der Waals surface area contributed by atoms with Crippen molar-refractivity contribution in [1.82, 2.24) is 4.98 Å². The number of pyridine rings is 1. The number of fused-ring (bicyclic) bond motifs is 1. The summed E-state index contributed by atoms with van der Waals surface area (Å²) in [5, 5.41) is 1.14. The number of hydrogen-bond donors (Lipinski definition) is 0. The largest absolute Gasteiger partial charge is 0.491 e. The Morgan fingerprint density at radius 3 is 2.50 bits per heavy atom. The fraction of sp³-hybridized carbons (Fsp3) is 0.400. The lowest BCUT2D eigenvalue weighted by atomic mass is 9.78. The van der Waals surface area contributed by atoms with Crippen LogP contribution in [-0.2, 0) is 14.1 Å². The summed E-state index contributed by atoms with van der Waals surface area (Å²) in [4.78, 5) is 15.9. The second-order valence-electron chi connectivity index (χ2n) is 7.51. The standard InChI is InChI=1S/C20H24BNO3S/c1-14(23)26-13-16(21-24-19(2,3)20(4,5)25-21)12-15-8-6-10-18-17(15)9-7-11-22-18/h6-12H,13H2,1-5H3. The summed E-state index contributed by atoms with van der Waals surface area (Å²) in [6.45, 7) is 9.71. The molecule has 0 saturated carbocycles. The van der Waals surface area contributed by atoms with Gasteiger partial charge in [-0.05, 0) is 50.9 Å². The predicted molar refractivity (Wildman–Crippen MR) is 109 cm³/mol. The maximum atomic E-state index is 11.5.